The zero-order valence-corrected chi connectivity index (χ0v) is 16.9. The second kappa shape index (κ2) is 9.24. The van der Waals surface area contributed by atoms with Crippen molar-refractivity contribution in [3.05, 3.63) is 48.0 Å². The molecule has 0 aliphatic carbocycles. The number of hydrogen-bond acceptors (Lipinski definition) is 8. The molecular weight excluding hydrogens is 394 g/mol. The van der Waals surface area contributed by atoms with E-state index in [9.17, 15) is 9.59 Å². The Kier molecular flexibility index (Phi) is 6.50. The van der Waals surface area contributed by atoms with E-state index in [4.69, 9.17) is 13.9 Å². The van der Waals surface area contributed by atoms with E-state index in [1.54, 1.807) is 49.6 Å². The van der Waals surface area contributed by atoms with Crippen molar-refractivity contribution in [2.45, 2.75) is 12.1 Å². The molecule has 3 rings (SSSR count). The minimum absolute atomic E-state index is 0.0286. The van der Waals surface area contributed by atoms with Gasteiger partial charge in [0.2, 0.25) is 5.91 Å². The molecule has 0 aliphatic rings. The van der Waals surface area contributed by atoms with Gasteiger partial charge in [0, 0.05) is 17.3 Å². The number of thioether (sulfide) groups is 1. The molecule has 0 saturated carbocycles. The highest BCUT2D eigenvalue weighted by Gasteiger charge is 2.16. The van der Waals surface area contributed by atoms with Gasteiger partial charge >= 0.3 is 0 Å². The van der Waals surface area contributed by atoms with Crippen molar-refractivity contribution in [3.8, 4) is 23.0 Å². The van der Waals surface area contributed by atoms with Gasteiger partial charge in [-0.2, -0.15) is 0 Å². The maximum atomic E-state index is 12.1. The summed E-state index contributed by atoms with van der Waals surface area (Å²) in [6.07, 6.45) is 0. The topological polar surface area (TPSA) is 104 Å². The lowest BCUT2D eigenvalue weighted by molar-refractivity contribution is -0.113. The summed E-state index contributed by atoms with van der Waals surface area (Å²) in [6.45, 7) is 1.49. The Hall–Kier alpha value is -3.33. The number of ether oxygens (including phenoxy) is 2. The van der Waals surface area contributed by atoms with E-state index in [-0.39, 0.29) is 28.6 Å². The van der Waals surface area contributed by atoms with Crippen molar-refractivity contribution in [1.82, 2.24) is 10.2 Å². The van der Waals surface area contributed by atoms with Crippen LogP contribution in [0.3, 0.4) is 0 Å². The molecule has 3 aromatic rings. The molecule has 0 atom stereocenters. The van der Waals surface area contributed by atoms with Crippen LogP contribution >= 0.6 is 11.8 Å². The number of nitrogens with zero attached hydrogens (tertiary/aromatic N) is 2. The summed E-state index contributed by atoms with van der Waals surface area (Å²) in [4.78, 5) is 23.4. The van der Waals surface area contributed by atoms with Gasteiger partial charge in [0.25, 0.3) is 11.1 Å². The van der Waals surface area contributed by atoms with Crippen LogP contribution in [0.25, 0.3) is 11.5 Å². The number of amides is 1. The first kappa shape index (κ1) is 20.4. The van der Waals surface area contributed by atoms with Gasteiger partial charge in [-0.15, -0.1) is 10.2 Å². The standard InChI is InChI=1S/C20H19N3O5S/c1-12(24)13-4-6-14(7-5-13)21-18(25)11-29-20-23-22-19(28-20)16-9-8-15(26-2)10-17(16)27-3/h4-10H,11H2,1-3H3,(H,21,25). The average Bonchev–Trinajstić information content (AvgIpc) is 3.21. The predicted molar refractivity (Wildman–Crippen MR) is 109 cm³/mol. The Morgan fingerprint density at radius 3 is 2.48 bits per heavy atom. The van der Waals surface area contributed by atoms with Crippen LogP contribution in [-0.4, -0.2) is 41.9 Å². The molecule has 0 unspecified atom stereocenters. The minimum atomic E-state index is -0.229. The summed E-state index contributed by atoms with van der Waals surface area (Å²) >= 11 is 1.12. The quantitative estimate of drug-likeness (QED) is 0.440. The van der Waals surface area contributed by atoms with Gasteiger partial charge < -0.3 is 19.2 Å². The molecule has 0 saturated heterocycles. The van der Waals surface area contributed by atoms with Crippen LogP contribution in [0.4, 0.5) is 5.69 Å². The maximum absolute atomic E-state index is 12.1. The van der Waals surface area contributed by atoms with Gasteiger partial charge in [-0.25, -0.2) is 0 Å². The van der Waals surface area contributed by atoms with Gasteiger partial charge in [-0.05, 0) is 43.3 Å². The maximum Gasteiger partial charge on any atom is 0.277 e. The molecule has 9 heteroatoms. The first-order chi connectivity index (χ1) is 14.0. The number of ketones is 1. The summed E-state index contributed by atoms with van der Waals surface area (Å²) in [5, 5.41) is 11.0. The Morgan fingerprint density at radius 2 is 1.83 bits per heavy atom. The zero-order valence-electron chi connectivity index (χ0n) is 16.1. The monoisotopic (exact) mass is 413 g/mol. The van der Waals surface area contributed by atoms with E-state index in [0.717, 1.165) is 11.8 Å². The largest absolute Gasteiger partial charge is 0.497 e. The van der Waals surface area contributed by atoms with E-state index in [1.165, 1.54) is 14.0 Å². The van der Waals surface area contributed by atoms with E-state index in [0.29, 0.717) is 28.3 Å². The number of aromatic nitrogens is 2. The molecule has 150 valence electrons. The van der Waals surface area contributed by atoms with Crippen molar-refractivity contribution >= 4 is 29.1 Å². The third kappa shape index (κ3) is 5.14. The third-order valence-corrected chi connectivity index (χ3v) is 4.77. The summed E-state index contributed by atoms with van der Waals surface area (Å²) in [5.41, 5.74) is 1.82. The van der Waals surface area contributed by atoms with Gasteiger partial charge in [-0.1, -0.05) is 11.8 Å². The van der Waals surface area contributed by atoms with Gasteiger partial charge in [-0.3, -0.25) is 9.59 Å². The van der Waals surface area contributed by atoms with Crippen LogP contribution in [0.5, 0.6) is 11.5 Å². The second-order valence-electron chi connectivity index (χ2n) is 5.91. The van der Waals surface area contributed by atoms with E-state index < -0.39 is 0 Å². The van der Waals surface area contributed by atoms with Gasteiger partial charge in [0.1, 0.15) is 11.5 Å². The SMILES string of the molecule is COc1ccc(-c2nnc(SCC(=O)Nc3ccc(C(C)=O)cc3)o2)c(OC)c1. The zero-order chi connectivity index (χ0) is 20.8. The number of carbonyl (C=O) groups is 2. The molecule has 0 fully saturated rings. The molecule has 8 nitrogen and oxygen atoms in total. The Bertz CT molecular complexity index is 1020. The fourth-order valence-corrected chi connectivity index (χ4v) is 3.03. The number of nitrogens with one attached hydrogen (secondary N) is 1. The number of hydrogen-bond donors (Lipinski definition) is 1. The molecule has 1 heterocycles. The summed E-state index contributed by atoms with van der Waals surface area (Å²) in [7, 11) is 3.11. The molecule has 29 heavy (non-hydrogen) atoms. The van der Waals surface area contributed by atoms with Crippen LogP contribution in [0, 0.1) is 0 Å². The van der Waals surface area contributed by atoms with Crippen molar-refractivity contribution in [3.63, 3.8) is 0 Å². The summed E-state index contributed by atoms with van der Waals surface area (Å²) < 4.78 is 16.1. The first-order valence-corrected chi connectivity index (χ1v) is 9.58. The smallest absolute Gasteiger partial charge is 0.277 e. The Morgan fingerprint density at radius 1 is 1.07 bits per heavy atom. The van der Waals surface area contributed by atoms with E-state index in [2.05, 4.69) is 15.5 Å². The van der Waals surface area contributed by atoms with Crippen LogP contribution in [0.15, 0.2) is 52.1 Å². The molecule has 0 aliphatic heterocycles. The summed E-state index contributed by atoms with van der Waals surface area (Å²) in [5.74, 6) is 1.30. The van der Waals surface area contributed by atoms with Crippen LogP contribution in [0.1, 0.15) is 17.3 Å². The third-order valence-electron chi connectivity index (χ3n) is 3.95. The molecule has 1 N–H and O–H groups in total. The summed E-state index contributed by atoms with van der Waals surface area (Å²) in [6, 6.07) is 11.9. The highest BCUT2D eigenvalue weighted by molar-refractivity contribution is 7.99. The van der Waals surface area contributed by atoms with Crippen LogP contribution in [-0.2, 0) is 4.79 Å². The average molecular weight is 413 g/mol. The van der Waals surface area contributed by atoms with Crippen LogP contribution < -0.4 is 14.8 Å². The molecule has 1 amide bonds. The van der Waals surface area contributed by atoms with Crippen molar-refractivity contribution in [2.75, 3.05) is 25.3 Å². The van der Waals surface area contributed by atoms with Gasteiger partial charge in [0.05, 0.1) is 25.5 Å². The first-order valence-electron chi connectivity index (χ1n) is 8.59. The predicted octanol–water partition coefficient (Wildman–Crippen LogP) is 3.69. The molecule has 0 bridgehead atoms. The molecule has 1 aromatic heterocycles. The van der Waals surface area contributed by atoms with Gasteiger partial charge in [0.15, 0.2) is 5.78 Å². The number of carbonyl (C=O) groups excluding carboxylic acids is 2. The van der Waals surface area contributed by atoms with Crippen molar-refractivity contribution < 1.29 is 23.5 Å². The fourth-order valence-electron chi connectivity index (χ4n) is 2.46. The fraction of sp³-hybridized carbons (Fsp3) is 0.200. The number of anilines is 1. The van der Waals surface area contributed by atoms with Crippen molar-refractivity contribution in [1.29, 1.82) is 0 Å². The lowest BCUT2D eigenvalue weighted by atomic mass is 10.1. The molecule has 0 radical (unpaired) electrons. The second-order valence-corrected chi connectivity index (χ2v) is 6.84. The Labute approximate surface area is 171 Å². The van der Waals surface area contributed by atoms with Crippen LogP contribution in [0.2, 0.25) is 0 Å². The van der Waals surface area contributed by atoms with E-state index in [1.807, 2.05) is 0 Å². The molecule has 2 aromatic carbocycles. The number of benzene rings is 2. The normalized spacial score (nSPS) is 10.4. The highest BCUT2D eigenvalue weighted by Crippen LogP contribution is 2.33. The molecule has 0 spiro atoms. The number of methoxy groups -OCH3 is 2. The highest BCUT2D eigenvalue weighted by atomic mass is 32.2. The molecular formula is C20H19N3O5S. The number of Topliss-reactive ketones (excluding diaryl/α,β-unsaturated/α-hetero) is 1. The minimum Gasteiger partial charge on any atom is -0.497 e. The Balaban J connectivity index is 1.60. The van der Waals surface area contributed by atoms with Crippen molar-refractivity contribution in [2.24, 2.45) is 0 Å². The lowest BCUT2D eigenvalue weighted by Crippen LogP contribution is -2.14. The van der Waals surface area contributed by atoms with E-state index >= 15 is 0 Å². The lowest BCUT2D eigenvalue weighted by Gasteiger charge is -2.07. The number of rotatable bonds is 8.